The summed E-state index contributed by atoms with van der Waals surface area (Å²) in [6, 6.07) is 10.4. The van der Waals surface area contributed by atoms with Crippen molar-refractivity contribution in [1.29, 1.82) is 0 Å². The Hall–Kier alpha value is -1.72. The van der Waals surface area contributed by atoms with Crippen LogP contribution in [0.15, 0.2) is 54.6 Å². The number of alkyl halides is 1. The number of cyclic esters (lactones) is 1. The fourth-order valence-corrected chi connectivity index (χ4v) is 9.32. The maximum absolute atomic E-state index is 13.6. The number of rotatable bonds is 5. The molecule has 1 fully saturated rings. The molecule has 0 radical (unpaired) electrons. The van der Waals surface area contributed by atoms with Crippen LogP contribution >= 0.6 is 0 Å². The van der Waals surface area contributed by atoms with E-state index >= 15 is 0 Å². The van der Waals surface area contributed by atoms with E-state index in [-0.39, 0.29) is 23.6 Å². The Morgan fingerprint density at radius 2 is 1.96 bits per heavy atom. The Labute approximate surface area is 156 Å². The highest BCUT2D eigenvalue weighted by Crippen LogP contribution is 2.47. The van der Waals surface area contributed by atoms with Gasteiger partial charge in [0, 0.05) is 12.0 Å². The molecule has 1 saturated heterocycles. The molecule has 5 heteroatoms. The van der Waals surface area contributed by atoms with Crippen molar-refractivity contribution in [2.24, 2.45) is 0 Å². The summed E-state index contributed by atoms with van der Waals surface area (Å²) < 4.78 is 25.4. The number of hydrogen-bond acceptors (Lipinski definition) is 3. The Morgan fingerprint density at radius 3 is 2.50 bits per heavy atom. The summed E-state index contributed by atoms with van der Waals surface area (Å²) in [5.41, 5.74) is 0.271. The number of esters is 1. The van der Waals surface area contributed by atoms with Crippen LogP contribution in [-0.2, 0) is 14.0 Å². The highest BCUT2D eigenvalue weighted by molar-refractivity contribution is 6.90. The molecule has 1 aliphatic carbocycles. The normalized spacial score (nSPS) is 28.0. The van der Waals surface area contributed by atoms with Crippen molar-refractivity contribution in [3.63, 3.8) is 0 Å². The minimum Gasteiger partial charge on any atom is -0.458 e. The van der Waals surface area contributed by atoms with Crippen LogP contribution in [-0.4, -0.2) is 33.2 Å². The molecule has 140 valence electrons. The third-order valence-corrected chi connectivity index (χ3v) is 10.8. The van der Waals surface area contributed by atoms with E-state index in [9.17, 15) is 9.18 Å². The van der Waals surface area contributed by atoms with Crippen LogP contribution < -0.4 is 5.19 Å². The SMILES string of the molecule is CC(C)(C)[Si](OC[C@@H]1C[C@@H](F)C(=O)O1)(c1ccccc1)C1C=CC=CC1. The van der Waals surface area contributed by atoms with E-state index in [2.05, 4.69) is 57.2 Å². The Morgan fingerprint density at radius 1 is 1.23 bits per heavy atom. The van der Waals surface area contributed by atoms with Crippen molar-refractivity contribution in [2.75, 3.05) is 6.61 Å². The second kappa shape index (κ2) is 7.49. The first kappa shape index (κ1) is 19.0. The first-order chi connectivity index (χ1) is 12.3. The van der Waals surface area contributed by atoms with Crippen molar-refractivity contribution in [1.82, 2.24) is 0 Å². The largest absolute Gasteiger partial charge is 0.458 e. The van der Waals surface area contributed by atoms with Gasteiger partial charge in [-0.3, -0.25) is 0 Å². The minimum absolute atomic E-state index is 0.0860. The lowest BCUT2D eigenvalue weighted by Gasteiger charge is -2.47. The molecule has 0 N–H and O–H groups in total. The zero-order chi connectivity index (χ0) is 18.8. The molecule has 1 heterocycles. The van der Waals surface area contributed by atoms with Crippen molar-refractivity contribution in [2.45, 2.75) is 56.5 Å². The van der Waals surface area contributed by atoms with Crippen LogP contribution in [0.3, 0.4) is 0 Å². The van der Waals surface area contributed by atoms with Crippen LogP contribution in [0.2, 0.25) is 10.6 Å². The number of benzene rings is 1. The first-order valence-electron chi connectivity index (χ1n) is 9.22. The molecule has 0 spiro atoms. The van der Waals surface area contributed by atoms with Crippen LogP contribution in [0.25, 0.3) is 0 Å². The maximum Gasteiger partial charge on any atom is 0.341 e. The van der Waals surface area contributed by atoms with Gasteiger partial charge >= 0.3 is 5.97 Å². The van der Waals surface area contributed by atoms with Gasteiger partial charge in [0.25, 0.3) is 0 Å². The monoisotopic (exact) mass is 374 g/mol. The van der Waals surface area contributed by atoms with Gasteiger partial charge < -0.3 is 9.16 Å². The summed E-state index contributed by atoms with van der Waals surface area (Å²) in [7, 11) is -2.54. The molecule has 26 heavy (non-hydrogen) atoms. The van der Waals surface area contributed by atoms with Crippen molar-refractivity contribution in [3.8, 4) is 0 Å². The highest BCUT2D eigenvalue weighted by Gasteiger charge is 2.53. The zero-order valence-electron chi connectivity index (χ0n) is 15.7. The molecule has 1 aromatic rings. The van der Waals surface area contributed by atoms with Crippen molar-refractivity contribution < 1.29 is 18.3 Å². The number of halogens is 1. The topological polar surface area (TPSA) is 35.5 Å². The molecule has 4 atom stereocenters. The minimum atomic E-state index is -2.54. The van der Waals surface area contributed by atoms with Gasteiger partial charge in [0.05, 0.1) is 6.61 Å². The molecule has 0 aromatic heterocycles. The molecule has 1 aromatic carbocycles. The van der Waals surface area contributed by atoms with Gasteiger partial charge in [-0.1, -0.05) is 75.4 Å². The molecule has 2 aliphatic rings. The third-order valence-electron chi connectivity index (χ3n) is 5.32. The summed E-state index contributed by atoms with van der Waals surface area (Å²) in [6.07, 6.45) is 7.55. The standard InChI is InChI=1S/C21H27FO3Si/c1-21(2,3)26(17-10-6-4-7-11-17,18-12-8-5-9-13-18)24-15-16-14-19(22)20(23)25-16/h4-12,16,18-19H,13-15H2,1-3H3/t16-,18?,19+,26?/m0/s1. The molecule has 3 nitrogen and oxygen atoms in total. The lowest BCUT2D eigenvalue weighted by atomic mass is 10.2. The van der Waals surface area contributed by atoms with Crippen molar-refractivity contribution >= 4 is 19.5 Å². The van der Waals surface area contributed by atoms with E-state index in [0.717, 1.165) is 6.42 Å². The van der Waals surface area contributed by atoms with E-state index in [1.54, 1.807) is 0 Å². The number of carbonyl (C=O) groups is 1. The number of ether oxygens (including phenoxy) is 1. The predicted octanol–water partition coefficient (Wildman–Crippen LogP) is 4.20. The van der Waals surface area contributed by atoms with Crippen LogP contribution in [0, 0.1) is 0 Å². The quantitative estimate of drug-likeness (QED) is 0.572. The average molecular weight is 375 g/mol. The van der Waals surface area contributed by atoms with E-state index < -0.39 is 26.6 Å². The summed E-state index contributed by atoms with van der Waals surface area (Å²) >= 11 is 0. The lowest BCUT2D eigenvalue weighted by molar-refractivity contribution is -0.145. The van der Waals surface area contributed by atoms with Gasteiger partial charge in [-0.15, -0.1) is 0 Å². The second-order valence-electron chi connectivity index (χ2n) is 8.08. The van der Waals surface area contributed by atoms with E-state index in [4.69, 9.17) is 9.16 Å². The molecule has 0 saturated carbocycles. The van der Waals surface area contributed by atoms with Gasteiger partial charge in [-0.25, -0.2) is 9.18 Å². The molecule has 1 aliphatic heterocycles. The van der Waals surface area contributed by atoms with Gasteiger partial charge in [-0.05, 0) is 16.6 Å². The summed E-state index contributed by atoms with van der Waals surface area (Å²) in [6.45, 7) is 6.91. The van der Waals surface area contributed by atoms with Crippen LogP contribution in [0.4, 0.5) is 4.39 Å². The summed E-state index contributed by atoms with van der Waals surface area (Å²) in [5, 5.41) is 1.13. The molecule has 3 rings (SSSR count). The van der Waals surface area contributed by atoms with E-state index in [1.807, 2.05) is 18.2 Å². The fourth-order valence-electron chi connectivity index (χ4n) is 4.12. The molecule has 0 amide bonds. The van der Waals surface area contributed by atoms with E-state index in [1.165, 1.54) is 5.19 Å². The molecule has 2 unspecified atom stereocenters. The number of carbonyl (C=O) groups excluding carboxylic acids is 1. The van der Waals surface area contributed by atoms with E-state index in [0.29, 0.717) is 0 Å². The molecular formula is C21H27FO3Si. The highest BCUT2D eigenvalue weighted by atomic mass is 28.4. The van der Waals surface area contributed by atoms with Gasteiger partial charge in [0.1, 0.15) is 6.10 Å². The summed E-state index contributed by atoms with van der Waals surface area (Å²) in [4.78, 5) is 11.4. The third kappa shape index (κ3) is 3.55. The van der Waals surface area contributed by atoms with Crippen LogP contribution in [0.5, 0.6) is 0 Å². The van der Waals surface area contributed by atoms with Gasteiger partial charge in [0.15, 0.2) is 0 Å². The summed E-state index contributed by atoms with van der Waals surface area (Å²) in [5.74, 6) is -0.762. The average Bonchev–Trinajstić information content (AvgIpc) is 2.94. The zero-order valence-corrected chi connectivity index (χ0v) is 16.7. The van der Waals surface area contributed by atoms with Crippen molar-refractivity contribution in [3.05, 3.63) is 54.6 Å². The number of allylic oxidation sites excluding steroid dienone is 4. The van der Waals surface area contributed by atoms with Gasteiger partial charge in [-0.2, -0.15) is 0 Å². The molecular weight excluding hydrogens is 347 g/mol. The number of hydrogen-bond donors (Lipinski definition) is 0. The predicted molar refractivity (Wildman–Crippen MR) is 104 cm³/mol. The lowest BCUT2D eigenvalue weighted by Crippen LogP contribution is -2.61. The smallest absolute Gasteiger partial charge is 0.341 e. The second-order valence-corrected chi connectivity index (χ2v) is 12.7. The Kier molecular flexibility index (Phi) is 5.49. The maximum atomic E-state index is 13.6. The first-order valence-corrected chi connectivity index (χ1v) is 11.2. The van der Waals surface area contributed by atoms with Gasteiger partial charge in [0.2, 0.25) is 14.5 Å². The Balaban J connectivity index is 1.95. The van der Waals surface area contributed by atoms with Crippen LogP contribution in [0.1, 0.15) is 33.6 Å². The molecule has 0 bridgehead atoms. The Bertz CT molecular complexity index is 695. The fraction of sp³-hybridized carbons (Fsp3) is 0.476.